The molecule has 0 aromatic carbocycles. The van der Waals surface area contributed by atoms with Gasteiger partial charge in [0.15, 0.2) is 0 Å². The van der Waals surface area contributed by atoms with Crippen LogP contribution in [0.2, 0.25) is 0 Å². The first-order valence-corrected chi connectivity index (χ1v) is 13.7. The number of hydrogen-bond acceptors (Lipinski definition) is 9. The Hall–Kier alpha value is -0.610. The maximum Gasteiger partial charge on any atom is 0.488 e. The molecular formula is C15H26NO11P3. The van der Waals surface area contributed by atoms with Crippen LogP contribution >= 0.6 is 23.2 Å². The van der Waals surface area contributed by atoms with Gasteiger partial charge in [0.05, 0.1) is 12.7 Å². The van der Waals surface area contributed by atoms with Gasteiger partial charge in [-0.15, -0.1) is 0 Å². The maximum atomic E-state index is 12.0. The molecular weight excluding hydrogens is 463 g/mol. The minimum atomic E-state index is -5.38. The Morgan fingerprint density at radius 3 is 2.33 bits per heavy atom. The quantitative estimate of drug-likeness (QED) is 0.368. The highest BCUT2D eigenvalue weighted by Crippen LogP contribution is 2.66. The van der Waals surface area contributed by atoms with Crippen LogP contribution in [0.15, 0.2) is 36.2 Å². The van der Waals surface area contributed by atoms with Crippen LogP contribution in [-0.4, -0.2) is 56.4 Å². The van der Waals surface area contributed by atoms with Crippen molar-refractivity contribution in [2.24, 2.45) is 5.41 Å². The lowest BCUT2D eigenvalue weighted by Crippen LogP contribution is -2.43. The van der Waals surface area contributed by atoms with Crippen LogP contribution in [0.25, 0.3) is 0 Å². The molecule has 0 aliphatic carbocycles. The lowest BCUT2D eigenvalue weighted by atomic mass is 9.84. The SMILES string of the molecule is C=C1C=C(C)C=CN1C1OC(COP(=O)(O)OP(=O)(O)OP(C)(=O)O)C(O)C1(C)C. The fourth-order valence-electron chi connectivity index (χ4n) is 3.03. The van der Waals surface area contributed by atoms with Crippen LogP contribution in [0, 0.1) is 5.41 Å². The third-order valence-corrected chi connectivity index (χ3v) is 8.56. The van der Waals surface area contributed by atoms with Gasteiger partial charge in [-0.25, -0.2) is 13.4 Å². The van der Waals surface area contributed by atoms with Crippen LogP contribution in [-0.2, 0) is 31.6 Å². The lowest BCUT2D eigenvalue weighted by molar-refractivity contribution is -0.0650. The number of rotatable bonds is 8. The summed E-state index contributed by atoms with van der Waals surface area (Å²) in [6.45, 7) is 9.19. The van der Waals surface area contributed by atoms with Gasteiger partial charge in [0.25, 0.3) is 0 Å². The molecule has 2 heterocycles. The van der Waals surface area contributed by atoms with Gasteiger partial charge in [-0.1, -0.05) is 20.4 Å². The zero-order valence-corrected chi connectivity index (χ0v) is 19.5. The predicted molar refractivity (Wildman–Crippen MR) is 106 cm³/mol. The number of hydrogen-bond donors (Lipinski definition) is 4. The molecule has 0 amide bonds. The molecule has 0 aromatic heterocycles. The first-order valence-electron chi connectivity index (χ1n) is 8.64. The largest absolute Gasteiger partial charge is 0.488 e. The van der Waals surface area contributed by atoms with Gasteiger partial charge in [0, 0.05) is 24.0 Å². The first kappa shape index (κ1) is 25.6. The molecule has 2 rings (SSSR count). The summed E-state index contributed by atoms with van der Waals surface area (Å²) in [4.78, 5) is 29.7. The third-order valence-electron chi connectivity index (χ3n) is 4.39. The average molecular weight is 489 g/mol. The highest BCUT2D eigenvalue weighted by atomic mass is 31.3. The van der Waals surface area contributed by atoms with Crippen molar-refractivity contribution in [1.82, 2.24) is 4.90 Å². The van der Waals surface area contributed by atoms with E-state index in [9.17, 15) is 28.6 Å². The van der Waals surface area contributed by atoms with E-state index in [1.54, 1.807) is 24.9 Å². The van der Waals surface area contributed by atoms with Crippen LogP contribution in [0.1, 0.15) is 20.8 Å². The minimum Gasteiger partial charge on any atom is -0.390 e. The molecule has 15 heteroatoms. The molecule has 0 aromatic rings. The summed E-state index contributed by atoms with van der Waals surface area (Å²) in [5, 5.41) is 10.6. The topological polar surface area (TPSA) is 172 Å². The smallest absolute Gasteiger partial charge is 0.390 e. The monoisotopic (exact) mass is 489 g/mol. The standard InChI is InChI=1S/C15H26NO11P3/c1-10-6-7-16(11(2)8-10)14-15(3,4)13(17)12(25-14)9-24-29(20,21)27-30(22,23)26-28(5,18)19/h6-8,12-14,17H,2,9H2,1,3-5H3,(H,18,19)(H,20,21)(H,22,23). The van der Waals surface area contributed by atoms with Crippen molar-refractivity contribution >= 4 is 23.2 Å². The van der Waals surface area contributed by atoms with E-state index in [4.69, 9.17) is 9.63 Å². The van der Waals surface area contributed by atoms with E-state index in [2.05, 4.69) is 19.7 Å². The van der Waals surface area contributed by atoms with Crippen molar-refractivity contribution < 1.29 is 51.4 Å². The molecule has 0 saturated carbocycles. The van der Waals surface area contributed by atoms with Gasteiger partial charge < -0.3 is 29.4 Å². The van der Waals surface area contributed by atoms with Crippen LogP contribution in [0.5, 0.6) is 0 Å². The van der Waals surface area contributed by atoms with Crippen molar-refractivity contribution in [3.63, 3.8) is 0 Å². The van der Waals surface area contributed by atoms with E-state index in [0.29, 0.717) is 12.4 Å². The number of allylic oxidation sites excluding steroid dienone is 3. The molecule has 1 saturated heterocycles. The second kappa shape index (κ2) is 8.73. The predicted octanol–water partition coefficient (Wildman–Crippen LogP) is 2.45. The summed E-state index contributed by atoms with van der Waals surface area (Å²) in [7, 11) is -15.1. The second-order valence-electron chi connectivity index (χ2n) is 7.59. The molecule has 172 valence electrons. The molecule has 2 aliphatic rings. The van der Waals surface area contributed by atoms with Crippen molar-refractivity contribution in [3.05, 3.63) is 36.2 Å². The summed E-state index contributed by atoms with van der Waals surface area (Å²) < 4.78 is 52.9. The molecule has 6 unspecified atom stereocenters. The molecule has 0 spiro atoms. The highest BCUT2D eigenvalue weighted by molar-refractivity contribution is 7.68. The van der Waals surface area contributed by atoms with Gasteiger partial charge in [0.2, 0.25) is 0 Å². The summed E-state index contributed by atoms with van der Waals surface area (Å²) in [6.07, 6.45) is 2.43. The van der Waals surface area contributed by atoms with Gasteiger partial charge in [-0.3, -0.25) is 9.09 Å². The highest BCUT2D eigenvalue weighted by Gasteiger charge is 2.53. The molecule has 6 atom stereocenters. The van der Waals surface area contributed by atoms with Crippen molar-refractivity contribution in [3.8, 4) is 0 Å². The van der Waals surface area contributed by atoms with Crippen LogP contribution in [0.3, 0.4) is 0 Å². The van der Waals surface area contributed by atoms with E-state index < -0.39 is 53.7 Å². The Balaban J connectivity index is 2.06. The Bertz CT molecular complexity index is 892. The maximum absolute atomic E-state index is 12.0. The number of ether oxygens (including phenoxy) is 1. The molecule has 30 heavy (non-hydrogen) atoms. The fourth-order valence-corrected chi connectivity index (χ4v) is 6.52. The molecule has 1 fully saturated rings. The Morgan fingerprint density at radius 2 is 1.80 bits per heavy atom. The van der Waals surface area contributed by atoms with Crippen molar-refractivity contribution in [2.75, 3.05) is 13.3 Å². The zero-order chi connectivity index (χ0) is 23.1. The lowest BCUT2D eigenvalue weighted by Gasteiger charge is -2.37. The van der Waals surface area contributed by atoms with E-state index in [1.807, 2.05) is 19.1 Å². The van der Waals surface area contributed by atoms with E-state index in [0.717, 1.165) is 5.57 Å². The van der Waals surface area contributed by atoms with Gasteiger partial charge in [-0.05, 0) is 24.6 Å². The number of phosphoric acid groups is 2. The number of phosphoric ester groups is 1. The van der Waals surface area contributed by atoms with Gasteiger partial charge >= 0.3 is 23.2 Å². The molecule has 4 N–H and O–H groups in total. The molecule has 2 aliphatic heterocycles. The van der Waals surface area contributed by atoms with E-state index in [1.165, 1.54) is 0 Å². The van der Waals surface area contributed by atoms with Gasteiger partial charge in [-0.2, -0.15) is 4.31 Å². The average Bonchev–Trinajstić information content (AvgIpc) is 2.73. The third kappa shape index (κ3) is 6.45. The number of aliphatic hydroxyl groups excluding tert-OH is 1. The molecule has 12 nitrogen and oxygen atoms in total. The summed E-state index contributed by atoms with van der Waals surface area (Å²) in [5.74, 6) is 0. The van der Waals surface area contributed by atoms with Crippen LogP contribution in [0.4, 0.5) is 0 Å². The number of nitrogens with zero attached hydrogens (tertiary/aromatic N) is 1. The summed E-state index contributed by atoms with van der Waals surface area (Å²) in [5.41, 5.74) is 0.729. The Kier molecular flexibility index (Phi) is 7.46. The number of aliphatic hydroxyl groups is 1. The summed E-state index contributed by atoms with van der Waals surface area (Å²) >= 11 is 0. The molecule has 0 bridgehead atoms. The summed E-state index contributed by atoms with van der Waals surface area (Å²) in [6, 6.07) is 0. The van der Waals surface area contributed by atoms with E-state index in [-0.39, 0.29) is 0 Å². The first-order chi connectivity index (χ1) is 13.4. The van der Waals surface area contributed by atoms with Crippen molar-refractivity contribution in [2.45, 2.75) is 39.2 Å². The van der Waals surface area contributed by atoms with E-state index >= 15 is 0 Å². The Morgan fingerprint density at radius 1 is 1.20 bits per heavy atom. The fraction of sp³-hybridized carbons (Fsp3) is 0.600. The molecule has 0 radical (unpaired) electrons. The zero-order valence-electron chi connectivity index (χ0n) is 16.8. The second-order valence-corrected chi connectivity index (χ2v) is 12.6. The van der Waals surface area contributed by atoms with Crippen molar-refractivity contribution in [1.29, 1.82) is 0 Å². The van der Waals surface area contributed by atoms with Gasteiger partial charge in [0.1, 0.15) is 12.3 Å². The Labute approximate surface area is 174 Å². The normalized spacial score (nSPS) is 32.3. The van der Waals surface area contributed by atoms with Crippen LogP contribution < -0.4 is 0 Å². The minimum absolute atomic E-state index is 0.590.